The van der Waals surface area contributed by atoms with Crippen molar-refractivity contribution in [2.75, 3.05) is 5.73 Å². The summed E-state index contributed by atoms with van der Waals surface area (Å²) in [5.74, 6) is -2.36. The second-order valence-electron chi connectivity index (χ2n) is 15.5. The minimum Gasteiger partial charge on any atom is -0.870 e. The number of hydrogen-bond acceptors (Lipinski definition) is 18. The molecule has 8 rings (SSSR count). The number of aromatic amines is 1. The zero-order chi connectivity index (χ0) is 54.3. The number of nitrogens with two attached hydrogens (primary N) is 3. The minimum absolute atomic E-state index is 0. The predicted octanol–water partition coefficient (Wildman–Crippen LogP) is 1.36. The van der Waals surface area contributed by atoms with E-state index in [1.165, 1.54) is 40.3 Å². The molecule has 0 aliphatic rings. The number of nitro groups is 3. The van der Waals surface area contributed by atoms with E-state index in [-0.39, 0.29) is 96.7 Å². The summed E-state index contributed by atoms with van der Waals surface area (Å²) in [6.07, 6.45) is 5.01. The third kappa shape index (κ3) is 17.9. The van der Waals surface area contributed by atoms with Crippen LogP contribution in [-0.2, 0) is 0 Å². The summed E-state index contributed by atoms with van der Waals surface area (Å²) in [6.45, 7) is 10.3. The first kappa shape index (κ1) is 62.7. The van der Waals surface area contributed by atoms with Gasteiger partial charge in [0.25, 0.3) is 11.8 Å². The van der Waals surface area contributed by atoms with Crippen molar-refractivity contribution >= 4 is 58.7 Å². The van der Waals surface area contributed by atoms with E-state index in [9.17, 15) is 49.5 Å². The largest absolute Gasteiger partial charge is 1.00 e. The maximum absolute atomic E-state index is 11.3. The molecule has 8 aromatic rings. The Bertz CT molecular complexity index is 3060. The molecule has 4 aromatic heterocycles. The van der Waals surface area contributed by atoms with E-state index < -0.39 is 51.0 Å². The number of amides is 2. The molecule has 0 radical (unpaired) electrons. The Morgan fingerprint density at radius 2 is 0.880 bits per heavy atom. The zero-order valence-corrected chi connectivity index (χ0v) is 44.4. The normalized spacial score (nSPS) is 9.81. The van der Waals surface area contributed by atoms with Gasteiger partial charge in [0.2, 0.25) is 11.4 Å². The molecule has 0 aliphatic carbocycles. The van der Waals surface area contributed by atoms with Crippen LogP contribution in [-0.4, -0.2) is 100 Å². The minimum atomic E-state index is -1.35. The number of anilines is 1. The van der Waals surface area contributed by atoms with E-state index in [1.54, 1.807) is 42.6 Å². The number of nitrogens with one attached hydrogen (secondary N) is 1. The summed E-state index contributed by atoms with van der Waals surface area (Å²) >= 11 is 0. The van der Waals surface area contributed by atoms with Crippen molar-refractivity contribution in [1.82, 2.24) is 39.5 Å². The summed E-state index contributed by atoms with van der Waals surface area (Å²) in [6, 6.07) is 29.3. The van der Waals surface area contributed by atoms with Crippen LogP contribution in [0.2, 0.25) is 0 Å². The van der Waals surface area contributed by atoms with Gasteiger partial charge in [-0.05, 0) is 69.6 Å². The molecule has 0 atom stereocenters. The first-order valence-corrected chi connectivity index (χ1v) is 21.1. The molecular weight excluding hydrogens is 1010 g/mol. The maximum Gasteiger partial charge on any atom is 1.00 e. The van der Waals surface area contributed by atoms with Gasteiger partial charge < -0.3 is 32.7 Å². The fourth-order valence-electron chi connectivity index (χ4n) is 5.91. The van der Waals surface area contributed by atoms with Gasteiger partial charge in [-0.25, -0.2) is 14.0 Å². The molecule has 384 valence electrons. The van der Waals surface area contributed by atoms with Crippen molar-refractivity contribution < 1.29 is 101 Å². The Balaban J connectivity index is 0.000000324. The average Bonchev–Trinajstić information content (AvgIpc) is 4.17. The first-order valence-electron chi connectivity index (χ1n) is 21.1. The molecule has 4 heterocycles. The molecule has 0 saturated carbocycles. The van der Waals surface area contributed by atoms with E-state index in [0.29, 0.717) is 16.8 Å². The van der Waals surface area contributed by atoms with Crippen molar-refractivity contribution in [3.8, 4) is 17.1 Å². The Kier molecular flexibility index (Phi) is 24.0. The van der Waals surface area contributed by atoms with Crippen LogP contribution in [0.15, 0.2) is 122 Å². The number of ketones is 2. The summed E-state index contributed by atoms with van der Waals surface area (Å²) in [5, 5.41) is 66.6. The van der Waals surface area contributed by atoms with Crippen molar-refractivity contribution in [3.63, 3.8) is 0 Å². The SMILES string of the molecule is CC(=O)c1[nH]ncc1[N+](=O)[O-].CC(=O)c1nn(-c2ccc(C)cc2)cc1[N+](=O)[O-].Cc1ccc(-n2cc(N)c(C(N)=O)n2)cc1.Cc1ccc(-n2cc([N+](=O)[O-])c(C(N)=O)n2)cc1.Cc1ccc(B(O)O)cc1.[K+].[OH-]. The van der Waals surface area contributed by atoms with Gasteiger partial charge in [-0.2, -0.15) is 20.4 Å². The van der Waals surface area contributed by atoms with Gasteiger partial charge in [-0.3, -0.25) is 54.6 Å². The molecule has 29 heteroatoms. The van der Waals surface area contributed by atoms with Crippen LogP contribution in [0.3, 0.4) is 0 Å². The van der Waals surface area contributed by atoms with Gasteiger partial charge in [0.05, 0.1) is 43.7 Å². The smallest absolute Gasteiger partial charge is 0.870 e. The molecule has 0 fully saturated rings. The van der Waals surface area contributed by atoms with Gasteiger partial charge in [-0.1, -0.05) is 82.9 Å². The Morgan fingerprint density at radius 3 is 1.16 bits per heavy atom. The van der Waals surface area contributed by atoms with Crippen LogP contribution >= 0.6 is 0 Å². The van der Waals surface area contributed by atoms with Crippen LogP contribution in [0.25, 0.3) is 17.1 Å². The molecule has 0 saturated heterocycles. The molecule has 4 aromatic carbocycles. The van der Waals surface area contributed by atoms with Crippen LogP contribution in [0, 0.1) is 58.0 Å². The van der Waals surface area contributed by atoms with E-state index in [2.05, 4.69) is 25.5 Å². The van der Waals surface area contributed by atoms with Gasteiger partial charge in [0, 0.05) is 13.8 Å². The molecule has 2 amide bonds. The molecule has 10 N–H and O–H groups in total. The van der Waals surface area contributed by atoms with Crippen molar-refractivity contribution in [2.24, 2.45) is 11.5 Å². The number of primary amides is 2. The molecule has 0 bridgehead atoms. The number of carbonyl (C=O) groups excluding carboxylic acids is 4. The van der Waals surface area contributed by atoms with Crippen molar-refractivity contribution in [1.29, 1.82) is 0 Å². The van der Waals surface area contributed by atoms with Gasteiger partial charge in [0.1, 0.15) is 18.6 Å². The summed E-state index contributed by atoms with van der Waals surface area (Å²) in [7, 11) is -1.35. The second-order valence-corrected chi connectivity index (χ2v) is 15.5. The number of hydrogen-bond donors (Lipinski definition) is 6. The number of aromatic nitrogens is 8. The second kappa shape index (κ2) is 28.7. The molecule has 0 spiro atoms. The number of carbonyl (C=O) groups is 4. The molecule has 0 aliphatic heterocycles. The number of H-pyrrole nitrogens is 1. The summed E-state index contributed by atoms with van der Waals surface area (Å²) in [5.41, 5.74) is 21.8. The number of nitrogens with zero attached hydrogens (tertiary/aromatic N) is 10. The topological polar surface area (TPSA) is 428 Å². The Labute approximate surface area is 468 Å². The predicted molar refractivity (Wildman–Crippen MR) is 268 cm³/mol. The van der Waals surface area contributed by atoms with E-state index >= 15 is 0 Å². The van der Waals surface area contributed by atoms with E-state index in [0.717, 1.165) is 34.1 Å². The molecule has 75 heavy (non-hydrogen) atoms. The number of rotatable bonds is 11. The third-order valence-electron chi connectivity index (χ3n) is 9.77. The summed E-state index contributed by atoms with van der Waals surface area (Å²) in [4.78, 5) is 73.8. The van der Waals surface area contributed by atoms with Crippen LogP contribution < -0.4 is 74.0 Å². The fourth-order valence-corrected chi connectivity index (χ4v) is 5.91. The van der Waals surface area contributed by atoms with Gasteiger partial charge >= 0.3 is 75.6 Å². The van der Waals surface area contributed by atoms with Crippen LogP contribution in [0.4, 0.5) is 22.7 Å². The van der Waals surface area contributed by atoms with Gasteiger partial charge in [0.15, 0.2) is 23.0 Å². The van der Waals surface area contributed by atoms with E-state index in [1.807, 2.05) is 88.4 Å². The standard InChI is InChI=1S/C12H11N3O3.C11H10N4O3.C11H12N4O.C7H9BO2.C5H5N3O3.K.H2O/c1-8-3-5-10(6-4-8)14-7-11(15(17)18)12(13-14)9(2)16;1-7-2-4-8(5-3-7)14-6-9(15(17)18)10(13-14)11(12)16;1-7-2-4-8(5-3-7)15-6-9(12)10(14-15)11(13)16;1-6-2-4-7(5-3-6)8(9)10;1-3(9)5-4(8(10)11)2-6-7-5;;/h3-7H,1-2H3;2-6H,1H3,(H2,12,16);2-6H,12H2,1H3,(H2,13,16);2-5,9-10H,1H3;2H,1H3,(H,6,7);;1H2/q;;;;;+1;/p-1. The average molecular weight is 1050 g/mol. The Morgan fingerprint density at radius 1 is 0.547 bits per heavy atom. The summed E-state index contributed by atoms with van der Waals surface area (Å²) < 4.78 is 4.14. The molecular formula is C46H48BKN14O13. The van der Waals surface area contributed by atoms with Crippen LogP contribution in [0.1, 0.15) is 78.1 Å². The molecule has 0 unspecified atom stereocenters. The maximum atomic E-state index is 11.3. The van der Waals surface area contributed by atoms with E-state index in [4.69, 9.17) is 27.2 Å². The molecule has 27 nitrogen and oxygen atoms in total. The van der Waals surface area contributed by atoms with Gasteiger partial charge in [-0.15, -0.1) is 0 Å². The van der Waals surface area contributed by atoms with Crippen LogP contribution in [0.5, 0.6) is 0 Å². The quantitative estimate of drug-likeness (QED) is 0.0461. The number of Topliss-reactive ketones (excluding diaryl/α,β-unsaturated/α-hetero) is 2. The number of aryl methyl sites for hydroxylation is 4. The number of benzene rings is 4. The first-order chi connectivity index (χ1) is 34.4. The third-order valence-corrected chi connectivity index (χ3v) is 9.77. The zero-order valence-electron chi connectivity index (χ0n) is 41.3. The monoisotopic (exact) mass is 1050 g/mol. The van der Waals surface area contributed by atoms with Crippen molar-refractivity contribution in [3.05, 3.63) is 197 Å². The fraction of sp³-hybridized carbons (Fsp3) is 0.130. The van der Waals surface area contributed by atoms with Crippen molar-refractivity contribution in [2.45, 2.75) is 41.5 Å². The Hall–Kier alpha value is -8.42. The number of nitrogen functional groups attached to an aromatic ring is 1.